The summed E-state index contributed by atoms with van der Waals surface area (Å²) < 4.78 is 29.7. The standard InChI is InChI=1S/C11H19N5O3S2/c1-3-19-11-14-9(12)13-10(15-11)16-5-6-20-7-8(16)21(17,18)4-2/h8H,3-7H2,1-2H3,(H2,12,13,14,15). The highest BCUT2D eigenvalue weighted by Gasteiger charge is 2.34. The lowest BCUT2D eigenvalue weighted by Crippen LogP contribution is -2.48. The maximum atomic E-state index is 12.2. The van der Waals surface area contributed by atoms with Gasteiger partial charge in [0.25, 0.3) is 0 Å². The van der Waals surface area contributed by atoms with E-state index in [1.165, 1.54) is 0 Å². The van der Waals surface area contributed by atoms with Gasteiger partial charge in [-0.25, -0.2) is 8.42 Å². The summed E-state index contributed by atoms with van der Waals surface area (Å²) in [4.78, 5) is 13.8. The Labute approximate surface area is 128 Å². The predicted octanol–water partition coefficient (Wildman–Crippen LogP) is 0.167. The van der Waals surface area contributed by atoms with Crippen molar-refractivity contribution in [1.82, 2.24) is 15.0 Å². The molecule has 21 heavy (non-hydrogen) atoms. The Bertz CT molecular complexity index is 596. The molecular formula is C11H19N5O3S2. The lowest BCUT2D eigenvalue weighted by atomic mass is 10.5. The molecular weight excluding hydrogens is 314 g/mol. The normalized spacial score (nSPS) is 19.5. The zero-order valence-corrected chi connectivity index (χ0v) is 13.7. The molecule has 2 heterocycles. The van der Waals surface area contributed by atoms with Crippen molar-refractivity contribution in [2.75, 3.05) is 41.0 Å². The Balaban J connectivity index is 2.37. The van der Waals surface area contributed by atoms with E-state index in [9.17, 15) is 8.42 Å². The third-order valence-electron chi connectivity index (χ3n) is 3.05. The second-order valence-corrected chi connectivity index (χ2v) is 7.98. The molecule has 1 atom stereocenters. The van der Waals surface area contributed by atoms with E-state index in [1.54, 1.807) is 23.6 Å². The van der Waals surface area contributed by atoms with E-state index >= 15 is 0 Å². The van der Waals surface area contributed by atoms with Gasteiger partial charge in [0.15, 0.2) is 9.84 Å². The number of nitrogen functional groups attached to an aromatic ring is 1. The molecule has 0 saturated carbocycles. The van der Waals surface area contributed by atoms with Gasteiger partial charge in [-0.15, -0.1) is 0 Å². The van der Waals surface area contributed by atoms with Crippen molar-refractivity contribution >= 4 is 33.5 Å². The number of ether oxygens (including phenoxy) is 1. The van der Waals surface area contributed by atoms with Gasteiger partial charge in [0.1, 0.15) is 5.37 Å². The number of nitrogens with two attached hydrogens (primary N) is 1. The fourth-order valence-electron chi connectivity index (χ4n) is 1.98. The molecule has 0 amide bonds. The zero-order chi connectivity index (χ0) is 15.5. The molecule has 10 heteroatoms. The summed E-state index contributed by atoms with van der Waals surface area (Å²) in [6.07, 6.45) is 0. The maximum Gasteiger partial charge on any atom is 0.323 e. The van der Waals surface area contributed by atoms with Crippen LogP contribution in [0, 0.1) is 0 Å². The van der Waals surface area contributed by atoms with E-state index in [2.05, 4.69) is 15.0 Å². The van der Waals surface area contributed by atoms with Gasteiger partial charge in [0.05, 0.1) is 6.61 Å². The number of hydrogen-bond acceptors (Lipinski definition) is 9. The van der Waals surface area contributed by atoms with E-state index in [-0.39, 0.29) is 23.7 Å². The second kappa shape index (κ2) is 6.65. The minimum atomic E-state index is -3.23. The van der Waals surface area contributed by atoms with Gasteiger partial charge in [-0.1, -0.05) is 6.92 Å². The number of thioether (sulfide) groups is 1. The number of anilines is 2. The summed E-state index contributed by atoms with van der Waals surface area (Å²) in [5, 5.41) is -0.641. The van der Waals surface area contributed by atoms with E-state index in [4.69, 9.17) is 10.5 Å². The molecule has 0 bridgehead atoms. The summed E-state index contributed by atoms with van der Waals surface area (Å²) in [7, 11) is -3.23. The van der Waals surface area contributed by atoms with Crippen LogP contribution in [0.25, 0.3) is 0 Å². The molecule has 2 rings (SSSR count). The van der Waals surface area contributed by atoms with Crippen LogP contribution in [-0.2, 0) is 9.84 Å². The van der Waals surface area contributed by atoms with Crippen LogP contribution >= 0.6 is 11.8 Å². The molecule has 118 valence electrons. The number of sulfone groups is 1. The highest BCUT2D eigenvalue weighted by Crippen LogP contribution is 2.26. The molecule has 1 aliphatic rings. The first-order chi connectivity index (χ1) is 9.97. The van der Waals surface area contributed by atoms with Gasteiger partial charge < -0.3 is 15.4 Å². The summed E-state index contributed by atoms with van der Waals surface area (Å²) in [6.45, 7) is 4.39. The van der Waals surface area contributed by atoms with Crippen molar-refractivity contribution < 1.29 is 13.2 Å². The van der Waals surface area contributed by atoms with E-state index < -0.39 is 15.2 Å². The van der Waals surface area contributed by atoms with Crippen LogP contribution in [0.4, 0.5) is 11.9 Å². The van der Waals surface area contributed by atoms with Crippen LogP contribution in [0.2, 0.25) is 0 Å². The first kappa shape index (κ1) is 16.1. The number of aromatic nitrogens is 3. The molecule has 1 aromatic rings. The van der Waals surface area contributed by atoms with Crippen LogP contribution in [0.3, 0.4) is 0 Å². The fourth-order valence-corrected chi connectivity index (χ4v) is 4.95. The van der Waals surface area contributed by atoms with E-state index in [0.29, 0.717) is 18.9 Å². The fraction of sp³-hybridized carbons (Fsp3) is 0.727. The quantitative estimate of drug-likeness (QED) is 0.805. The van der Waals surface area contributed by atoms with Gasteiger partial charge in [-0.2, -0.15) is 26.7 Å². The van der Waals surface area contributed by atoms with Crippen molar-refractivity contribution in [2.45, 2.75) is 19.2 Å². The summed E-state index contributed by atoms with van der Waals surface area (Å²) >= 11 is 1.61. The van der Waals surface area contributed by atoms with Crippen LogP contribution in [-0.4, -0.2) is 59.2 Å². The smallest absolute Gasteiger partial charge is 0.323 e. The Kier molecular flexibility index (Phi) is 5.09. The molecule has 1 saturated heterocycles. The molecule has 1 fully saturated rings. The molecule has 8 nitrogen and oxygen atoms in total. The molecule has 2 N–H and O–H groups in total. The molecule has 1 unspecified atom stereocenters. The monoisotopic (exact) mass is 333 g/mol. The van der Waals surface area contributed by atoms with Crippen molar-refractivity contribution in [3.05, 3.63) is 0 Å². The van der Waals surface area contributed by atoms with Crippen molar-refractivity contribution in [3.8, 4) is 6.01 Å². The second-order valence-electron chi connectivity index (χ2n) is 4.38. The maximum absolute atomic E-state index is 12.2. The average Bonchev–Trinajstić information content (AvgIpc) is 2.47. The molecule has 1 aliphatic heterocycles. The Hall–Kier alpha value is -1.29. The highest BCUT2D eigenvalue weighted by atomic mass is 32.2. The lowest BCUT2D eigenvalue weighted by molar-refractivity contribution is 0.312. The summed E-state index contributed by atoms with van der Waals surface area (Å²) in [5.41, 5.74) is 5.66. The van der Waals surface area contributed by atoms with Crippen LogP contribution < -0.4 is 15.4 Å². The van der Waals surface area contributed by atoms with E-state index in [0.717, 1.165) is 5.75 Å². The topological polar surface area (TPSA) is 111 Å². The molecule has 1 aromatic heterocycles. The first-order valence-electron chi connectivity index (χ1n) is 6.68. The molecule has 0 spiro atoms. The summed E-state index contributed by atoms with van der Waals surface area (Å²) in [5.74, 6) is 1.66. The zero-order valence-electron chi connectivity index (χ0n) is 12.0. The Morgan fingerprint density at radius 2 is 2.14 bits per heavy atom. The van der Waals surface area contributed by atoms with Gasteiger partial charge >= 0.3 is 6.01 Å². The Morgan fingerprint density at radius 3 is 2.81 bits per heavy atom. The van der Waals surface area contributed by atoms with Gasteiger partial charge in [0, 0.05) is 23.8 Å². The van der Waals surface area contributed by atoms with Crippen LogP contribution in [0.5, 0.6) is 6.01 Å². The van der Waals surface area contributed by atoms with Crippen LogP contribution in [0.15, 0.2) is 0 Å². The molecule has 0 radical (unpaired) electrons. The van der Waals surface area contributed by atoms with Crippen molar-refractivity contribution in [3.63, 3.8) is 0 Å². The number of hydrogen-bond donors (Lipinski definition) is 1. The first-order valence-corrected chi connectivity index (χ1v) is 9.55. The Morgan fingerprint density at radius 1 is 1.38 bits per heavy atom. The van der Waals surface area contributed by atoms with Crippen molar-refractivity contribution in [1.29, 1.82) is 0 Å². The van der Waals surface area contributed by atoms with Crippen LogP contribution in [0.1, 0.15) is 13.8 Å². The van der Waals surface area contributed by atoms with Gasteiger partial charge in [-0.3, -0.25) is 0 Å². The third kappa shape index (κ3) is 3.67. The highest BCUT2D eigenvalue weighted by molar-refractivity contribution is 8.01. The van der Waals surface area contributed by atoms with Gasteiger partial charge in [-0.05, 0) is 6.92 Å². The van der Waals surface area contributed by atoms with E-state index in [1.807, 2.05) is 6.92 Å². The minimum Gasteiger partial charge on any atom is -0.464 e. The SMILES string of the molecule is CCOc1nc(N)nc(N2CCSCC2S(=O)(=O)CC)n1. The predicted molar refractivity (Wildman–Crippen MR) is 83.3 cm³/mol. The lowest BCUT2D eigenvalue weighted by Gasteiger charge is -2.34. The average molecular weight is 333 g/mol. The number of rotatable bonds is 5. The summed E-state index contributed by atoms with van der Waals surface area (Å²) in [6, 6.07) is 0.117. The van der Waals surface area contributed by atoms with Gasteiger partial charge in [0.2, 0.25) is 11.9 Å². The largest absolute Gasteiger partial charge is 0.464 e. The third-order valence-corrected chi connectivity index (χ3v) is 6.34. The minimum absolute atomic E-state index is 0.0225. The van der Waals surface area contributed by atoms with Crippen molar-refractivity contribution in [2.24, 2.45) is 0 Å². The molecule has 0 aliphatic carbocycles. The number of nitrogens with zero attached hydrogens (tertiary/aromatic N) is 4. The molecule has 0 aromatic carbocycles.